The predicted octanol–water partition coefficient (Wildman–Crippen LogP) is 2.30. The minimum atomic E-state index is 0.691. The van der Waals surface area contributed by atoms with Crippen molar-refractivity contribution in [2.24, 2.45) is 0 Å². The van der Waals surface area contributed by atoms with Crippen LogP contribution in [0, 0.1) is 0 Å². The van der Waals surface area contributed by atoms with Crippen LogP contribution in [0.25, 0.3) is 11.4 Å². The lowest BCUT2D eigenvalue weighted by molar-refractivity contribution is 1.15. The smallest absolute Gasteiger partial charge is 0.160 e. The molecule has 0 aromatic carbocycles. The summed E-state index contributed by atoms with van der Waals surface area (Å²) in [6, 6.07) is 3.79. The van der Waals surface area contributed by atoms with Crippen LogP contribution in [-0.2, 0) is 0 Å². The predicted molar refractivity (Wildman–Crippen MR) is 53.0 cm³/mol. The standard InChI is InChI=1S/C9H6BrN3/c10-8-5-12-9(13-6-8)7-2-1-3-11-4-7/h1-6H. The first kappa shape index (κ1) is 8.31. The van der Waals surface area contributed by atoms with Crippen molar-refractivity contribution < 1.29 is 0 Å². The average Bonchev–Trinajstić information content (AvgIpc) is 2.20. The summed E-state index contributed by atoms with van der Waals surface area (Å²) in [6.07, 6.45) is 6.90. The highest BCUT2D eigenvalue weighted by Gasteiger charge is 1.98. The molecule has 0 atom stereocenters. The fourth-order valence-corrected chi connectivity index (χ4v) is 1.16. The number of rotatable bonds is 1. The molecule has 0 aliphatic carbocycles. The van der Waals surface area contributed by atoms with Gasteiger partial charge in [0.2, 0.25) is 0 Å². The van der Waals surface area contributed by atoms with Crippen LogP contribution in [0.2, 0.25) is 0 Å². The van der Waals surface area contributed by atoms with Gasteiger partial charge in [-0.05, 0) is 28.1 Å². The highest BCUT2D eigenvalue weighted by Crippen LogP contribution is 2.13. The number of hydrogen-bond donors (Lipinski definition) is 0. The van der Waals surface area contributed by atoms with E-state index in [1.165, 1.54) is 0 Å². The molecule has 0 amide bonds. The first-order valence-corrected chi connectivity index (χ1v) is 4.53. The van der Waals surface area contributed by atoms with Gasteiger partial charge in [-0.3, -0.25) is 4.98 Å². The van der Waals surface area contributed by atoms with Crippen molar-refractivity contribution in [1.82, 2.24) is 15.0 Å². The number of halogens is 1. The summed E-state index contributed by atoms with van der Waals surface area (Å²) in [5, 5.41) is 0. The topological polar surface area (TPSA) is 38.7 Å². The first-order chi connectivity index (χ1) is 6.36. The SMILES string of the molecule is Brc1cnc(-c2cccnc2)nc1. The zero-order valence-corrected chi connectivity index (χ0v) is 8.27. The van der Waals surface area contributed by atoms with Crippen LogP contribution in [0.5, 0.6) is 0 Å². The van der Waals surface area contributed by atoms with E-state index in [1.807, 2.05) is 12.1 Å². The van der Waals surface area contributed by atoms with Crippen molar-refractivity contribution in [3.8, 4) is 11.4 Å². The van der Waals surface area contributed by atoms with Gasteiger partial charge in [-0.2, -0.15) is 0 Å². The lowest BCUT2D eigenvalue weighted by Gasteiger charge is -1.97. The fourth-order valence-electron chi connectivity index (χ4n) is 0.956. The first-order valence-electron chi connectivity index (χ1n) is 3.74. The summed E-state index contributed by atoms with van der Waals surface area (Å²) >= 11 is 3.28. The Kier molecular flexibility index (Phi) is 2.31. The Morgan fingerprint density at radius 2 is 1.85 bits per heavy atom. The molecule has 0 aliphatic rings. The molecule has 64 valence electrons. The van der Waals surface area contributed by atoms with Crippen LogP contribution < -0.4 is 0 Å². The van der Waals surface area contributed by atoms with Gasteiger partial charge in [0, 0.05) is 30.4 Å². The van der Waals surface area contributed by atoms with Gasteiger partial charge in [-0.1, -0.05) is 0 Å². The molecule has 0 saturated carbocycles. The zero-order valence-electron chi connectivity index (χ0n) is 6.68. The normalized spacial score (nSPS) is 9.92. The molecule has 3 nitrogen and oxygen atoms in total. The van der Waals surface area contributed by atoms with Gasteiger partial charge in [0.15, 0.2) is 5.82 Å². The van der Waals surface area contributed by atoms with Crippen molar-refractivity contribution in [1.29, 1.82) is 0 Å². The molecule has 0 radical (unpaired) electrons. The minimum absolute atomic E-state index is 0.691. The van der Waals surface area contributed by atoms with Crippen molar-refractivity contribution in [3.05, 3.63) is 41.4 Å². The average molecular weight is 236 g/mol. The molecule has 0 unspecified atom stereocenters. The van der Waals surface area contributed by atoms with E-state index in [2.05, 4.69) is 30.9 Å². The summed E-state index contributed by atoms with van der Waals surface area (Å²) in [4.78, 5) is 12.3. The summed E-state index contributed by atoms with van der Waals surface area (Å²) in [6.45, 7) is 0. The third-order valence-corrected chi connectivity index (χ3v) is 1.95. The van der Waals surface area contributed by atoms with Gasteiger partial charge in [0.1, 0.15) is 0 Å². The molecule has 0 saturated heterocycles. The largest absolute Gasteiger partial charge is 0.264 e. The molecular formula is C9H6BrN3. The van der Waals surface area contributed by atoms with Crippen LogP contribution >= 0.6 is 15.9 Å². The molecule has 0 spiro atoms. The monoisotopic (exact) mass is 235 g/mol. The molecule has 0 N–H and O–H groups in total. The van der Waals surface area contributed by atoms with Gasteiger partial charge in [0.25, 0.3) is 0 Å². The van der Waals surface area contributed by atoms with Crippen molar-refractivity contribution in [3.63, 3.8) is 0 Å². The van der Waals surface area contributed by atoms with Gasteiger partial charge in [0.05, 0.1) is 4.47 Å². The zero-order chi connectivity index (χ0) is 9.10. The quantitative estimate of drug-likeness (QED) is 0.762. The Hall–Kier alpha value is -1.29. The minimum Gasteiger partial charge on any atom is -0.264 e. The van der Waals surface area contributed by atoms with Crippen molar-refractivity contribution in [2.45, 2.75) is 0 Å². The second-order valence-electron chi connectivity index (χ2n) is 2.47. The highest BCUT2D eigenvalue weighted by molar-refractivity contribution is 9.10. The Labute approximate surface area is 84.0 Å². The third-order valence-electron chi connectivity index (χ3n) is 1.54. The summed E-state index contributed by atoms with van der Waals surface area (Å²) in [5.41, 5.74) is 0.926. The molecule has 2 aromatic heterocycles. The van der Waals surface area contributed by atoms with Gasteiger partial charge < -0.3 is 0 Å². The Morgan fingerprint density at radius 3 is 2.46 bits per heavy atom. The Bertz CT molecular complexity index is 385. The van der Waals surface area contributed by atoms with E-state index < -0.39 is 0 Å². The van der Waals surface area contributed by atoms with Crippen molar-refractivity contribution in [2.75, 3.05) is 0 Å². The van der Waals surface area contributed by atoms with E-state index in [-0.39, 0.29) is 0 Å². The number of pyridine rings is 1. The van der Waals surface area contributed by atoms with E-state index in [0.29, 0.717) is 5.82 Å². The van der Waals surface area contributed by atoms with E-state index >= 15 is 0 Å². The molecule has 4 heteroatoms. The second-order valence-corrected chi connectivity index (χ2v) is 3.38. The maximum absolute atomic E-state index is 4.15. The van der Waals surface area contributed by atoms with Crippen LogP contribution in [0.4, 0.5) is 0 Å². The van der Waals surface area contributed by atoms with Gasteiger partial charge in [-0.25, -0.2) is 9.97 Å². The van der Waals surface area contributed by atoms with Crippen molar-refractivity contribution >= 4 is 15.9 Å². The Morgan fingerprint density at radius 1 is 1.08 bits per heavy atom. The molecule has 2 heterocycles. The van der Waals surface area contributed by atoms with E-state index in [0.717, 1.165) is 10.0 Å². The van der Waals surface area contributed by atoms with Gasteiger partial charge >= 0.3 is 0 Å². The van der Waals surface area contributed by atoms with E-state index in [1.54, 1.807) is 24.8 Å². The molecular weight excluding hydrogens is 230 g/mol. The molecule has 0 fully saturated rings. The van der Waals surface area contributed by atoms with Gasteiger partial charge in [-0.15, -0.1) is 0 Å². The van der Waals surface area contributed by atoms with E-state index in [9.17, 15) is 0 Å². The number of hydrogen-bond acceptors (Lipinski definition) is 3. The second kappa shape index (κ2) is 3.62. The number of nitrogens with zero attached hydrogens (tertiary/aromatic N) is 3. The number of aromatic nitrogens is 3. The highest BCUT2D eigenvalue weighted by atomic mass is 79.9. The maximum atomic E-state index is 4.15. The maximum Gasteiger partial charge on any atom is 0.160 e. The Balaban J connectivity index is 2.42. The van der Waals surface area contributed by atoms with Crippen LogP contribution in [0.1, 0.15) is 0 Å². The van der Waals surface area contributed by atoms with Crippen LogP contribution in [0.3, 0.4) is 0 Å². The molecule has 0 aliphatic heterocycles. The lowest BCUT2D eigenvalue weighted by Crippen LogP contribution is -1.87. The molecule has 2 rings (SSSR count). The summed E-state index contributed by atoms with van der Waals surface area (Å²) in [7, 11) is 0. The molecule has 0 bridgehead atoms. The molecule has 2 aromatic rings. The molecule has 13 heavy (non-hydrogen) atoms. The third kappa shape index (κ3) is 1.89. The summed E-state index contributed by atoms with van der Waals surface area (Å²) < 4.78 is 0.875. The summed E-state index contributed by atoms with van der Waals surface area (Å²) in [5.74, 6) is 0.691. The van der Waals surface area contributed by atoms with Crippen LogP contribution in [-0.4, -0.2) is 15.0 Å². The van der Waals surface area contributed by atoms with E-state index in [4.69, 9.17) is 0 Å². The lowest BCUT2D eigenvalue weighted by atomic mass is 10.3. The van der Waals surface area contributed by atoms with Crippen LogP contribution in [0.15, 0.2) is 41.4 Å². The fraction of sp³-hybridized carbons (Fsp3) is 0.